The van der Waals surface area contributed by atoms with E-state index < -0.39 is 6.03 Å². The van der Waals surface area contributed by atoms with E-state index in [4.69, 9.17) is 4.74 Å². The summed E-state index contributed by atoms with van der Waals surface area (Å²) in [4.78, 5) is 12.0. The Balaban J connectivity index is 1.60. The maximum absolute atomic E-state index is 13.7. The fourth-order valence-electron chi connectivity index (χ4n) is 2.51. The Morgan fingerprint density at radius 2 is 1.75 bits per heavy atom. The Labute approximate surface area is 162 Å². The molecule has 142 valence electrons. The molecule has 0 saturated heterocycles. The predicted octanol–water partition coefficient (Wildman–Crippen LogP) is 4.87. The van der Waals surface area contributed by atoms with Crippen LogP contribution < -0.4 is 15.5 Å². The number of carbonyl (C=O) groups is 1. The van der Waals surface area contributed by atoms with Gasteiger partial charge in [-0.3, -0.25) is 0 Å². The van der Waals surface area contributed by atoms with Crippen LogP contribution in [0, 0.1) is 12.7 Å². The average molecular weight is 377 g/mol. The zero-order valence-electron chi connectivity index (χ0n) is 15.4. The van der Waals surface area contributed by atoms with Crippen LogP contribution in [0.5, 0.6) is 5.75 Å². The molecular formula is C22H20FN3O2. The highest BCUT2D eigenvalue weighted by Gasteiger charge is 2.05. The highest BCUT2D eigenvalue weighted by Crippen LogP contribution is 2.18. The van der Waals surface area contributed by atoms with Crippen molar-refractivity contribution in [1.29, 1.82) is 0 Å². The van der Waals surface area contributed by atoms with Crippen LogP contribution in [-0.4, -0.2) is 12.2 Å². The van der Waals surface area contributed by atoms with E-state index in [9.17, 15) is 9.18 Å². The lowest BCUT2D eigenvalue weighted by Crippen LogP contribution is -2.24. The molecule has 5 nitrogen and oxygen atoms in total. The van der Waals surface area contributed by atoms with E-state index in [1.54, 1.807) is 30.3 Å². The van der Waals surface area contributed by atoms with Gasteiger partial charge >= 0.3 is 6.03 Å². The minimum atomic E-state index is -0.449. The molecule has 3 aromatic rings. The van der Waals surface area contributed by atoms with E-state index in [2.05, 4.69) is 15.8 Å². The van der Waals surface area contributed by atoms with Crippen molar-refractivity contribution < 1.29 is 13.9 Å². The van der Waals surface area contributed by atoms with E-state index in [0.29, 0.717) is 22.6 Å². The monoisotopic (exact) mass is 377 g/mol. The second kappa shape index (κ2) is 9.32. The number of nitrogens with one attached hydrogen (secondary N) is 2. The molecule has 6 heteroatoms. The third-order valence-corrected chi connectivity index (χ3v) is 4.02. The van der Waals surface area contributed by atoms with Crippen LogP contribution in [0.25, 0.3) is 0 Å². The van der Waals surface area contributed by atoms with Gasteiger partial charge in [0.05, 0.1) is 6.21 Å². The highest BCUT2D eigenvalue weighted by molar-refractivity contribution is 5.91. The first kappa shape index (κ1) is 19.1. The molecule has 0 bridgehead atoms. The third kappa shape index (κ3) is 5.17. The molecule has 28 heavy (non-hydrogen) atoms. The molecule has 2 N–H and O–H groups in total. The normalized spacial score (nSPS) is 10.6. The number of urea groups is 1. The molecule has 0 aliphatic rings. The first-order valence-corrected chi connectivity index (χ1v) is 8.74. The summed E-state index contributed by atoms with van der Waals surface area (Å²) in [6.07, 6.45) is 1.48. The Bertz CT molecular complexity index is 989. The highest BCUT2D eigenvalue weighted by atomic mass is 19.1. The van der Waals surface area contributed by atoms with Crippen molar-refractivity contribution in [3.05, 3.63) is 95.3 Å². The molecule has 0 unspecified atom stereocenters. The van der Waals surface area contributed by atoms with Gasteiger partial charge in [-0.1, -0.05) is 48.5 Å². The number of hydrogen-bond acceptors (Lipinski definition) is 3. The Hall–Kier alpha value is -3.67. The van der Waals surface area contributed by atoms with Crippen LogP contribution in [0.15, 0.2) is 77.9 Å². The van der Waals surface area contributed by atoms with Gasteiger partial charge in [0.15, 0.2) is 0 Å². The van der Waals surface area contributed by atoms with Gasteiger partial charge in [0.1, 0.15) is 18.2 Å². The number of hydrogen-bond donors (Lipinski definition) is 2. The minimum Gasteiger partial charge on any atom is -0.488 e. The molecule has 0 atom stereocenters. The molecule has 0 fully saturated rings. The van der Waals surface area contributed by atoms with Crippen LogP contribution in [-0.2, 0) is 6.61 Å². The zero-order valence-corrected chi connectivity index (χ0v) is 15.4. The molecule has 0 aliphatic carbocycles. The first-order valence-electron chi connectivity index (χ1n) is 8.74. The van der Waals surface area contributed by atoms with Gasteiger partial charge in [0, 0.05) is 16.8 Å². The number of aryl methyl sites for hydroxylation is 1. The van der Waals surface area contributed by atoms with E-state index >= 15 is 0 Å². The molecule has 0 radical (unpaired) electrons. The van der Waals surface area contributed by atoms with Crippen LogP contribution >= 0.6 is 0 Å². The molecule has 0 spiro atoms. The second-order valence-corrected chi connectivity index (χ2v) is 6.06. The predicted molar refractivity (Wildman–Crippen MR) is 108 cm³/mol. The lowest BCUT2D eigenvalue weighted by atomic mass is 10.2. The number of rotatable bonds is 6. The van der Waals surface area contributed by atoms with Gasteiger partial charge in [0.25, 0.3) is 0 Å². The zero-order chi connectivity index (χ0) is 19.8. The van der Waals surface area contributed by atoms with Crippen molar-refractivity contribution >= 4 is 17.9 Å². The number of anilines is 1. The summed E-state index contributed by atoms with van der Waals surface area (Å²) in [6.45, 7) is 2.00. The SMILES string of the molecule is Cc1ccccc1NC(=O)NN=Cc1ccccc1OCc1ccccc1F. The number of benzene rings is 3. The average Bonchev–Trinajstić information content (AvgIpc) is 2.70. The van der Waals surface area contributed by atoms with Crippen molar-refractivity contribution in [1.82, 2.24) is 5.43 Å². The van der Waals surface area contributed by atoms with Gasteiger partial charge in [-0.15, -0.1) is 0 Å². The second-order valence-electron chi connectivity index (χ2n) is 6.06. The van der Waals surface area contributed by atoms with Gasteiger partial charge in [-0.25, -0.2) is 14.6 Å². The smallest absolute Gasteiger partial charge is 0.339 e. The maximum atomic E-state index is 13.7. The number of halogens is 1. The van der Waals surface area contributed by atoms with E-state index in [1.807, 2.05) is 43.3 Å². The maximum Gasteiger partial charge on any atom is 0.339 e. The summed E-state index contributed by atoms with van der Waals surface area (Å²) < 4.78 is 19.4. The molecule has 0 aliphatic heterocycles. The number of carbonyl (C=O) groups excluding carboxylic acids is 1. The molecule has 3 aromatic carbocycles. The Morgan fingerprint density at radius 1 is 1.04 bits per heavy atom. The number of para-hydroxylation sites is 2. The van der Waals surface area contributed by atoms with Gasteiger partial charge in [-0.05, 0) is 36.8 Å². The molecular weight excluding hydrogens is 357 g/mol. The van der Waals surface area contributed by atoms with Crippen molar-refractivity contribution in [2.75, 3.05) is 5.32 Å². The van der Waals surface area contributed by atoms with Gasteiger partial charge in [-0.2, -0.15) is 5.10 Å². The van der Waals surface area contributed by atoms with Crippen molar-refractivity contribution in [2.24, 2.45) is 5.10 Å². The molecule has 0 saturated carbocycles. The Morgan fingerprint density at radius 3 is 2.57 bits per heavy atom. The summed E-state index contributed by atoms with van der Waals surface area (Å²) in [6, 6.07) is 20.6. The fraction of sp³-hybridized carbons (Fsp3) is 0.0909. The molecule has 2 amide bonds. The number of nitrogens with zero attached hydrogens (tertiary/aromatic N) is 1. The first-order chi connectivity index (χ1) is 13.6. The van der Waals surface area contributed by atoms with Crippen LogP contribution in [0.3, 0.4) is 0 Å². The van der Waals surface area contributed by atoms with Crippen LogP contribution in [0.2, 0.25) is 0 Å². The van der Waals surface area contributed by atoms with E-state index in [1.165, 1.54) is 12.3 Å². The van der Waals surface area contributed by atoms with E-state index in [0.717, 1.165) is 5.56 Å². The molecule has 3 rings (SSSR count). The van der Waals surface area contributed by atoms with Crippen molar-refractivity contribution in [3.8, 4) is 5.75 Å². The number of amides is 2. The largest absolute Gasteiger partial charge is 0.488 e. The van der Waals surface area contributed by atoms with Crippen molar-refractivity contribution in [3.63, 3.8) is 0 Å². The standard InChI is InChI=1S/C22H20FN3O2/c1-16-8-2-6-12-20(16)25-22(27)26-24-14-17-9-4-7-13-21(17)28-15-18-10-3-5-11-19(18)23/h2-14H,15H2,1H3,(H2,25,26,27). The summed E-state index contributed by atoms with van der Waals surface area (Å²) >= 11 is 0. The summed E-state index contributed by atoms with van der Waals surface area (Å²) in [5.74, 6) is 0.221. The third-order valence-electron chi connectivity index (χ3n) is 4.02. The Kier molecular flexibility index (Phi) is 6.36. The fourth-order valence-corrected chi connectivity index (χ4v) is 2.51. The number of ether oxygens (including phenoxy) is 1. The number of hydrazone groups is 1. The quantitative estimate of drug-likeness (QED) is 0.476. The lowest BCUT2D eigenvalue weighted by molar-refractivity contribution is 0.252. The minimum absolute atomic E-state index is 0.0960. The van der Waals surface area contributed by atoms with Crippen LogP contribution in [0.1, 0.15) is 16.7 Å². The molecule has 0 heterocycles. The van der Waals surface area contributed by atoms with Gasteiger partial charge < -0.3 is 10.1 Å². The summed E-state index contributed by atoms with van der Waals surface area (Å²) in [5, 5.41) is 6.69. The van der Waals surface area contributed by atoms with Crippen LogP contribution in [0.4, 0.5) is 14.9 Å². The summed E-state index contributed by atoms with van der Waals surface area (Å²) in [5.41, 5.74) is 5.21. The molecule has 0 aromatic heterocycles. The van der Waals surface area contributed by atoms with Crippen molar-refractivity contribution in [2.45, 2.75) is 13.5 Å². The summed E-state index contributed by atoms with van der Waals surface area (Å²) in [7, 11) is 0. The topological polar surface area (TPSA) is 62.7 Å². The lowest BCUT2D eigenvalue weighted by Gasteiger charge is -2.10. The van der Waals surface area contributed by atoms with Gasteiger partial charge in [0.2, 0.25) is 0 Å². The van der Waals surface area contributed by atoms with E-state index in [-0.39, 0.29) is 12.4 Å².